The van der Waals surface area contributed by atoms with Crippen LogP contribution in [-0.4, -0.2) is 146 Å². The number of carboxylic acid groups (broad SMARTS) is 1. The number of carbonyl (C=O) groups excluding carboxylic acids is 3. The van der Waals surface area contributed by atoms with E-state index in [2.05, 4.69) is 41.1 Å². The number of aryl methyl sites for hydroxylation is 1. The molecule has 3 rings (SSSR count). The number of imide groups is 1. The van der Waals surface area contributed by atoms with Gasteiger partial charge in [0.15, 0.2) is 0 Å². The van der Waals surface area contributed by atoms with Crippen LogP contribution in [0, 0.1) is 30.8 Å². The minimum Gasteiger partial charge on any atom is -0.508 e. The number of nitriles is 1. The molecule has 0 spiro atoms. The van der Waals surface area contributed by atoms with Gasteiger partial charge in [-0.3, -0.25) is 24.1 Å². The number of aliphatic hydroxyl groups is 1. The number of hydrogen-bond donors (Lipinski definition) is 4. The van der Waals surface area contributed by atoms with Gasteiger partial charge in [0, 0.05) is 66.5 Å². The topological polar surface area (TPSA) is 244 Å². The van der Waals surface area contributed by atoms with Crippen LogP contribution in [0.25, 0.3) is 0 Å². The molecular weight excluding hydrogens is 809 g/mol. The Morgan fingerprint density at radius 3 is 1.33 bits per heavy atom. The monoisotopic (exact) mass is 895 g/mol. The summed E-state index contributed by atoms with van der Waals surface area (Å²) >= 11 is 0. The highest BCUT2D eigenvalue weighted by atomic mass is 28.4. The molecule has 1 aromatic carbocycles. The summed E-state index contributed by atoms with van der Waals surface area (Å²) < 4.78 is 29.2. The molecule has 0 radical (unpaired) electrons. The predicted octanol–water partition coefficient (Wildman–Crippen LogP) is 6.30. The van der Waals surface area contributed by atoms with E-state index in [0.717, 1.165) is 25.5 Å². The molecule has 1 aromatic rings. The van der Waals surface area contributed by atoms with E-state index in [1.165, 1.54) is 52.1 Å². The number of hydrogen-bond acceptors (Lipinski definition) is 15. The zero-order valence-corrected chi connectivity index (χ0v) is 42.3. The van der Waals surface area contributed by atoms with Crippen molar-refractivity contribution in [3.63, 3.8) is 0 Å². The predicted molar refractivity (Wildman–Crippen MR) is 250 cm³/mol. The number of aromatic hydroxyl groups is 1. The molecule has 1 atom stereocenters. The molecule has 2 aliphatic heterocycles. The van der Waals surface area contributed by atoms with E-state index < -0.39 is 14.8 Å². The Bertz CT molecular complexity index is 1120. The molecule has 2 heterocycles. The molecule has 1 saturated heterocycles. The van der Waals surface area contributed by atoms with Crippen LogP contribution >= 0.6 is 0 Å². The lowest BCUT2D eigenvalue weighted by Crippen LogP contribution is -2.42. The number of likely N-dealkylation sites (N-methyl/N-ethyl adjacent to an activating group) is 1. The van der Waals surface area contributed by atoms with Crippen LogP contribution in [0.4, 0.5) is 0 Å². The van der Waals surface area contributed by atoms with Crippen LogP contribution in [0.3, 0.4) is 0 Å². The molecule has 0 aromatic heterocycles. The Balaban J connectivity index is -0.0000000600. The summed E-state index contributed by atoms with van der Waals surface area (Å²) in [5.41, 5.74) is 5.67. The fourth-order valence-corrected chi connectivity index (χ4v) is 4.05. The zero-order chi connectivity index (χ0) is 50.8. The number of nitrogens with two attached hydrogens (primary N) is 1. The number of phenolic OH excluding ortho intramolecular Hbond substituents is 1. The third kappa shape index (κ3) is 113. The molecule has 360 valence electrons. The lowest BCUT2D eigenvalue weighted by molar-refractivity contribution is -0.140. The van der Waals surface area contributed by atoms with E-state index in [0.29, 0.717) is 38.3 Å². The summed E-state index contributed by atoms with van der Waals surface area (Å²) in [4.78, 5) is 42.7. The standard InChI is InChI=1S/C7H18O3Si.C7H8O.C5H5NO2.C4H8O2.C3H9N.C3H6O.C3H6.C3H4.C2H3NO.C2H4O2.C2H6.CH5N.CH4O/c1-5-8-11(4,9-6-2)10-7-3;1-6-2-4-7(8)5-3-6;1-6-4(7)2-3-5(6)8;1-3-6-4(2)5;1-4(2)3;1-3-2-4-3;2*1-3-2;1-4-2-3;1-2(3)4;3*1-2/h5-7H2,1-4H3;2-5,8H,1H3;2-3H,1H3;3H2,1-2H3;1-3H3;3H,2H2,1H3;3H,1H2,2H3;1H,2H3;1H3;1H3,(H,3,4);1-2H3;2H2,1H3;2H,1H3. The van der Waals surface area contributed by atoms with Crippen LogP contribution in [0.2, 0.25) is 6.55 Å². The Hall–Kier alpha value is -4.63. The van der Waals surface area contributed by atoms with E-state index in [-0.39, 0.29) is 17.8 Å². The molecular formula is C43H86N4O13Si. The molecule has 2 aliphatic rings. The van der Waals surface area contributed by atoms with Crippen LogP contribution in [0.1, 0.15) is 81.7 Å². The number of ether oxygens (including phenoxy) is 3. The molecule has 5 N–H and O–H groups in total. The molecule has 0 aliphatic carbocycles. The summed E-state index contributed by atoms with van der Waals surface area (Å²) in [6.45, 7) is 30.4. The molecule has 0 saturated carbocycles. The number of terminal acetylenes is 1. The van der Waals surface area contributed by atoms with Gasteiger partial charge in [-0.1, -0.05) is 37.6 Å². The molecule has 18 heteroatoms. The number of carboxylic acids is 1. The van der Waals surface area contributed by atoms with Gasteiger partial charge in [-0.15, -0.1) is 18.9 Å². The first-order valence-corrected chi connectivity index (χ1v) is 21.4. The maximum absolute atomic E-state index is 10.4. The number of carbonyl (C=O) groups is 4. The first-order valence-electron chi connectivity index (χ1n) is 19.2. The summed E-state index contributed by atoms with van der Waals surface area (Å²) in [5.74, 6) is 1.05. The highest BCUT2D eigenvalue weighted by Gasteiger charge is 2.33. The Morgan fingerprint density at radius 1 is 0.984 bits per heavy atom. The van der Waals surface area contributed by atoms with E-state index >= 15 is 0 Å². The SMILES string of the molecule is C#CC.C=CC.CC.CC(=O)O.CC1CO1.CCOC(C)=O.CCO[Si](C)(OCC)OCC.CN.CN(C)C.CN1C(=O)C=CC1=O.CO.COC#N.Cc1ccc(O)cc1. The number of methoxy groups -OCH3 is 1. The Kier molecular flexibility index (Phi) is 92.2. The quantitative estimate of drug-likeness (QED) is 0.0446. The summed E-state index contributed by atoms with van der Waals surface area (Å²) in [6.07, 6.45) is 10.9. The fourth-order valence-electron chi connectivity index (χ4n) is 2.23. The summed E-state index contributed by atoms with van der Waals surface area (Å²) in [6, 6.07) is 7.09. The lowest BCUT2D eigenvalue weighted by Gasteiger charge is -2.23. The molecule has 0 bridgehead atoms. The van der Waals surface area contributed by atoms with Crippen LogP contribution in [0.5, 0.6) is 5.75 Å². The van der Waals surface area contributed by atoms with E-state index in [4.69, 9.17) is 43.4 Å². The smallest absolute Gasteiger partial charge is 0.497 e. The van der Waals surface area contributed by atoms with Crippen molar-refractivity contribution in [2.24, 2.45) is 5.73 Å². The molecule has 1 fully saturated rings. The first kappa shape index (κ1) is 80.4. The van der Waals surface area contributed by atoms with Gasteiger partial charge >= 0.3 is 14.8 Å². The molecule has 17 nitrogen and oxygen atoms in total. The first-order chi connectivity index (χ1) is 28.6. The number of amides is 2. The van der Waals surface area contributed by atoms with Crippen molar-refractivity contribution < 1.29 is 62.0 Å². The number of epoxide rings is 1. The summed E-state index contributed by atoms with van der Waals surface area (Å²) in [5, 5.41) is 30.6. The van der Waals surface area contributed by atoms with Gasteiger partial charge in [0.25, 0.3) is 24.0 Å². The van der Waals surface area contributed by atoms with E-state index in [1.807, 2.05) is 93.2 Å². The second kappa shape index (κ2) is 70.0. The van der Waals surface area contributed by atoms with Crippen LogP contribution < -0.4 is 5.73 Å². The normalized spacial score (nSPS) is 11.0. The van der Waals surface area contributed by atoms with Crippen molar-refractivity contribution >= 4 is 32.6 Å². The Labute approximate surface area is 371 Å². The maximum Gasteiger partial charge on any atom is 0.497 e. The minimum atomic E-state index is -2.25. The number of allylic oxidation sites excluding steroid dienone is 1. The average Bonchev–Trinajstić information content (AvgIpc) is 3.94. The third-order valence-corrected chi connectivity index (χ3v) is 6.66. The van der Waals surface area contributed by atoms with Gasteiger partial charge in [0.05, 0.1) is 26.4 Å². The van der Waals surface area contributed by atoms with Gasteiger partial charge in [0.2, 0.25) is 0 Å². The maximum atomic E-state index is 10.4. The van der Waals surface area contributed by atoms with E-state index in [1.54, 1.807) is 32.1 Å². The number of nitrogens with zero attached hydrogens (tertiary/aromatic N) is 3. The van der Waals surface area contributed by atoms with Crippen molar-refractivity contribution in [1.29, 1.82) is 5.26 Å². The zero-order valence-electron chi connectivity index (χ0n) is 41.3. The molecule has 2 amide bonds. The van der Waals surface area contributed by atoms with Gasteiger partial charge in [0.1, 0.15) is 5.75 Å². The van der Waals surface area contributed by atoms with Gasteiger partial charge in [-0.25, -0.2) is 0 Å². The number of rotatable bonds is 7. The van der Waals surface area contributed by atoms with Crippen molar-refractivity contribution in [3.8, 4) is 24.3 Å². The lowest BCUT2D eigenvalue weighted by atomic mass is 10.2. The molecule has 1 unspecified atom stereocenters. The fraction of sp³-hybridized carbons (Fsp3) is 0.605. The highest BCUT2D eigenvalue weighted by molar-refractivity contribution is 6.59. The average molecular weight is 895 g/mol. The second-order valence-electron chi connectivity index (χ2n) is 10.5. The second-order valence-corrected chi connectivity index (χ2v) is 13.1. The van der Waals surface area contributed by atoms with Crippen LogP contribution in [0.15, 0.2) is 49.1 Å². The number of benzene rings is 1. The summed E-state index contributed by atoms with van der Waals surface area (Å²) in [7, 11) is 9.02. The highest BCUT2D eigenvalue weighted by Crippen LogP contribution is 2.08. The number of aliphatic carboxylic acids is 1. The number of aliphatic hydroxyl groups excluding tert-OH is 1. The Morgan fingerprint density at radius 2 is 1.23 bits per heavy atom. The van der Waals surface area contributed by atoms with Crippen molar-refractivity contribution in [2.75, 3.05) is 82.5 Å². The van der Waals surface area contributed by atoms with Gasteiger partial charge in [-0.05, 0) is 95.7 Å². The van der Waals surface area contributed by atoms with Crippen molar-refractivity contribution in [2.45, 2.75) is 95.7 Å². The van der Waals surface area contributed by atoms with Gasteiger partial charge < -0.3 is 53.4 Å². The van der Waals surface area contributed by atoms with Crippen LogP contribution in [-0.2, 0) is 46.7 Å². The molecule has 61 heavy (non-hydrogen) atoms. The largest absolute Gasteiger partial charge is 0.508 e. The number of phenols is 1. The minimum absolute atomic E-state index is 0.211. The number of esters is 1. The third-order valence-electron chi connectivity index (χ3n) is 4.22. The van der Waals surface area contributed by atoms with Gasteiger partial charge in [-0.2, -0.15) is 5.26 Å². The van der Waals surface area contributed by atoms with Crippen molar-refractivity contribution in [3.05, 3.63) is 54.6 Å². The van der Waals surface area contributed by atoms with E-state index in [9.17, 15) is 14.4 Å². The van der Waals surface area contributed by atoms with Crippen molar-refractivity contribution in [1.82, 2.24) is 9.80 Å².